The number of hydrogen-bond acceptors (Lipinski definition) is 4. The van der Waals surface area contributed by atoms with Crippen LogP contribution in [0.5, 0.6) is 0 Å². The van der Waals surface area contributed by atoms with E-state index in [2.05, 4.69) is 11.9 Å². The maximum Gasteiger partial charge on any atom is 0.256 e. The summed E-state index contributed by atoms with van der Waals surface area (Å²) in [4.78, 5) is 19.2. The van der Waals surface area contributed by atoms with E-state index in [9.17, 15) is 17.6 Å². The summed E-state index contributed by atoms with van der Waals surface area (Å²) in [5.74, 6) is -0.193. The predicted molar refractivity (Wildman–Crippen MR) is 122 cm³/mol. The molecule has 0 bridgehead atoms. The fourth-order valence-corrected chi connectivity index (χ4v) is 5.73. The summed E-state index contributed by atoms with van der Waals surface area (Å²) in [6, 6.07) is 10.5. The van der Waals surface area contributed by atoms with Gasteiger partial charge in [-0.05, 0) is 60.6 Å². The number of carbonyl (C=O) groups is 1. The first kappa shape index (κ1) is 22.4. The van der Waals surface area contributed by atoms with Crippen molar-refractivity contribution >= 4 is 26.6 Å². The number of sulfone groups is 1. The summed E-state index contributed by atoms with van der Waals surface area (Å²) in [6.07, 6.45) is 3.04. The lowest BCUT2D eigenvalue weighted by atomic mass is 9.98. The maximum absolute atomic E-state index is 14.2. The normalized spacial score (nSPS) is 15.5. The molecule has 0 saturated carbocycles. The SMILES string of the molecule is CC1CCN(C(=O)c2cnc3ccc(F)cc3c2S(=O)(=O)c2ccc(C(C)C)cc2)CC1. The highest BCUT2D eigenvalue weighted by molar-refractivity contribution is 7.91. The third-order valence-corrected chi connectivity index (χ3v) is 8.08. The summed E-state index contributed by atoms with van der Waals surface area (Å²) < 4.78 is 41.7. The van der Waals surface area contributed by atoms with Gasteiger partial charge in [-0.2, -0.15) is 0 Å². The van der Waals surface area contributed by atoms with Gasteiger partial charge in [0.2, 0.25) is 9.84 Å². The number of benzene rings is 2. The molecule has 1 aromatic heterocycles. The zero-order chi connectivity index (χ0) is 23.0. The summed E-state index contributed by atoms with van der Waals surface area (Å²) in [5.41, 5.74) is 1.33. The number of likely N-dealkylation sites (tertiary alicyclic amines) is 1. The number of halogens is 1. The van der Waals surface area contributed by atoms with Gasteiger partial charge in [-0.3, -0.25) is 9.78 Å². The lowest BCUT2D eigenvalue weighted by Crippen LogP contribution is -2.38. The van der Waals surface area contributed by atoms with E-state index in [1.165, 1.54) is 18.3 Å². The first-order chi connectivity index (χ1) is 15.2. The number of rotatable bonds is 4. The number of amides is 1. The van der Waals surface area contributed by atoms with Crippen LogP contribution < -0.4 is 0 Å². The number of piperidine rings is 1. The number of aromatic nitrogens is 1. The van der Waals surface area contributed by atoms with Crippen molar-refractivity contribution in [3.63, 3.8) is 0 Å². The van der Waals surface area contributed by atoms with Crippen molar-refractivity contribution in [3.05, 3.63) is 65.6 Å². The molecule has 168 valence electrons. The molecule has 3 aromatic rings. The predicted octanol–water partition coefficient (Wildman–Crippen LogP) is 5.20. The minimum atomic E-state index is -4.10. The zero-order valence-corrected chi connectivity index (χ0v) is 19.3. The van der Waals surface area contributed by atoms with Gasteiger partial charge in [0.1, 0.15) is 5.82 Å². The number of hydrogen-bond donors (Lipinski definition) is 0. The highest BCUT2D eigenvalue weighted by Gasteiger charge is 2.31. The van der Waals surface area contributed by atoms with Crippen LogP contribution in [0.2, 0.25) is 0 Å². The van der Waals surface area contributed by atoms with Gasteiger partial charge >= 0.3 is 0 Å². The Kier molecular flexibility index (Phi) is 6.03. The Morgan fingerprint density at radius 2 is 1.75 bits per heavy atom. The molecule has 1 saturated heterocycles. The fourth-order valence-electron chi connectivity index (χ4n) is 4.11. The van der Waals surface area contributed by atoms with Crippen LogP contribution in [0.15, 0.2) is 58.5 Å². The molecule has 0 N–H and O–H groups in total. The van der Waals surface area contributed by atoms with Crippen LogP contribution in [0.4, 0.5) is 4.39 Å². The zero-order valence-electron chi connectivity index (χ0n) is 18.5. The second-order valence-corrected chi connectivity index (χ2v) is 10.8. The van der Waals surface area contributed by atoms with E-state index in [-0.39, 0.29) is 32.6 Å². The van der Waals surface area contributed by atoms with Gasteiger partial charge in [0.05, 0.1) is 20.9 Å². The van der Waals surface area contributed by atoms with Crippen molar-refractivity contribution in [2.75, 3.05) is 13.1 Å². The van der Waals surface area contributed by atoms with Gasteiger partial charge in [0, 0.05) is 24.7 Å². The molecular formula is C25H27FN2O3S. The summed E-state index contributed by atoms with van der Waals surface area (Å²) >= 11 is 0. The summed E-state index contributed by atoms with van der Waals surface area (Å²) in [6.45, 7) is 7.31. The van der Waals surface area contributed by atoms with E-state index < -0.39 is 15.7 Å². The molecule has 0 aliphatic carbocycles. The summed E-state index contributed by atoms with van der Waals surface area (Å²) in [5, 5.41) is 0.120. The van der Waals surface area contributed by atoms with Crippen molar-refractivity contribution in [2.45, 2.75) is 49.3 Å². The highest BCUT2D eigenvalue weighted by Crippen LogP contribution is 2.33. The molecule has 0 unspecified atom stereocenters. The number of pyridine rings is 1. The van der Waals surface area contributed by atoms with Crippen LogP contribution in [-0.4, -0.2) is 37.3 Å². The Morgan fingerprint density at radius 1 is 1.09 bits per heavy atom. The molecule has 1 fully saturated rings. The first-order valence-corrected chi connectivity index (χ1v) is 12.4. The molecule has 0 radical (unpaired) electrons. The summed E-state index contributed by atoms with van der Waals surface area (Å²) in [7, 11) is -4.10. The van der Waals surface area contributed by atoms with Crippen LogP contribution in [0.25, 0.3) is 10.9 Å². The third-order valence-electron chi connectivity index (χ3n) is 6.21. The van der Waals surface area contributed by atoms with E-state index in [0.29, 0.717) is 24.5 Å². The monoisotopic (exact) mass is 454 g/mol. The molecule has 1 aliphatic heterocycles. The van der Waals surface area contributed by atoms with Gasteiger partial charge in [-0.1, -0.05) is 32.9 Å². The molecule has 1 amide bonds. The standard InChI is InChI=1S/C25H27FN2O3S/c1-16(2)18-4-7-20(8-5-18)32(30,31)24-21-14-19(26)6-9-23(21)27-15-22(24)25(29)28-12-10-17(3)11-13-28/h4-9,14-17H,10-13H2,1-3H3. The van der Waals surface area contributed by atoms with Crippen molar-refractivity contribution in [2.24, 2.45) is 5.92 Å². The van der Waals surface area contributed by atoms with Gasteiger partial charge < -0.3 is 4.90 Å². The Balaban J connectivity index is 1.90. The topological polar surface area (TPSA) is 67.3 Å². The van der Waals surface area contributed by atoms with Crippen LogP contribution in [-0.2, 0) is 9.84 Å². The maximum atomic E-state index is 14.2. The fraction of sp³-hybridized carbons (Fsp3) is 0.360. The van der Waals surface area contributed by atoms with E-state index in [4.69, 9.17) is 0 Å². The lowest BCUT2D eigenvalue weighted by molar-refractivity contribution is 0.0693. The number of fused-ring (bicyclic) bond motifs is 1. The van der Waals surface area contributed by atoms with Gasteiger partial charge in [-0.15, -0.1) is 0 Å². The molecule has 1 aliphatic rings. The molecule has 7 heteroatoms. The van der Waals surface area contributed by atoms with E-state index >= 15 is 0 Å². The van der Waals surface area contributed by atoms with Crippen molar-refractivity contribution < 1.29 is 17.6 Å². The Bertz CT molecular complexity index is 1260. The quantitative estimate of drug-likeness (QED) is 0.543. The van der Waals surface area contributed by atoms with Gasteiger partial charge in [0.15, 0.2) is 0 Å². The molecule has 2 heterocycles. The first-order valence-electron chi connectivity index (χ1n) is 10.9. The number of nitrogens with zero attached hydrogens (tertiary/aromatic N) is 2. The number of carbonyl (C=O) groups excluding carboxylic acids is 1. The molecular weight excluding hydrogens is 427 g/mol. The highest BCUT2D eigenvalue weighted by atomic mass is 32.2. The van der Waals surface area contributed by atoms with Crippen LogP contribution in [0.1, 0.15) is 55.5 Å². The van der Waals surface area contributed by atoms with Crippen molar-refractivity contribution in [1.29, 1.82) is 0 Å². The minimum Gasteiger partial charge on any atom is -0.339 e. The van der Waals surface area contributed by atoms with Crippen LogP contribution >= 0.6 is 0 Å². The van der Waals surface area contributed by atoms with Crippen molar-refractivity contribution in [3.8, 4) is 0 Å². The second-order valence-electron chi connectivity index (χ2n) is 8.86. The van der Waals surface area contributed by atoms with E-state index in [0.717, 1.165) is 24.5 Å². The third kappa shape index (κ3) is 4.13. The molecule has 5 nitrogen and oxygen atoms in total. The van der Waals surface area contributed by atoms with E-state index in [1.807, 2.05) is 13.8 Å². The molecule has 32 heavy (non-hydrogen) atoms. The lowest BCUT2D eigenvalue weighted by Gasteiger charge is -2.30. The van der Waals surface area contributed by atoms with E-state index in [1.54, 1.807) is 29.2 Å². The van der Waals surface area contributed by atoms with Crippen LogP contribution in [0.3, 0.4) is 0 Å². The van der Waals surface area contributed by atoms with Crippen molar-refractivity contribution in [1.82, 2.24) is 9.88 Å². The molecule has 2 aromatic carbocycles. The smallest absolute Gasteiger partial charge is 0.256 e. The average molecular weight is 455 g/mol. The molecule has 0 spiro atoms. The van der Waals surface area contributed by atoms with Gasteiger partial charge in [0.25, 0.3) is 5.91 Å². The average Bonchev–Trinajstić information content (AvgIpc) is 2.78. The molecule has 0 atom stereocenters. The Labute approximate surface area is 188 Å². The van der Waals surface area contributed by atoms with Gasteiger partial charge in [-0.25, -0.2) is 12.8 Å². The Morgan fingerprint density at radius 3 is 2.38 bits per heavy atom. The van der Waals surface area contributed by atoms with Crippen LogP contribution in [0, 0.1) is 11.7 Å². The Hall–Kier alpha value is -2.80. The second kappa shape index (κ2) is 8.62. The largest absolute Gasteiger partial charge is 0.339 e. The molecule has 4 rings (SSSR count). The minimum absolute atomic E-state index is 0.00871.